The van der Waals surface area contributed by atoms with Crippen molar-refractivity contribution in [3.63, 3.8) is 0 Å². The van der Waals surface area contributed by atoms with E-state index in [2.05, 4.69) is 28.4 Å². The minimum atomic E-state index is 0.391. The molecule has 2 rings (SSSR count). The second kappa shape index (κ2) is 5.27. The zero-order chi connectivity index (χ0) is 12.3. The van der Waals surface area contributed by atoms with E-state index in [-0.39, 0.29) is 0 Å². The van der Waals surface area contributed by atoms with Crippen LogP contribution in [-0.4, -0.2) is 21.1 Å². The molecule has 4 nitrogen and oxygen atoms in total. The molecule has 0 atom stereocenters. The quantitative estimate of drug-likeness (QED) is 0.805. The van der Waals surface area contributed by atoms with Crippen molar-refractivity contribution in [2.24, 2.45) is 5.73 Å². The predicted octanol–water partition coefficient (Wildman–Crippen LogP) is 2.29. The van der Waals surface area contributed by atoms with E-state index < -0.39 is 0 Å². The van der Waals surface area contributed by atoms with Crippen LogP contribution in [0.4, 0.5) is 0 Å². The van der Waals surface area contributed by atoms with Gasteiger partial charge in [0.25, 0.3) is 0 Å². The second-order valence-corrected chi connectivity index (χ2v) is 4.58. The van der Waals surface area contributed by atoms with Gasteiger partial charge in [0.2, 0.25) is 0 Å². The average molecular weight is 232 g/mol. The smallest absolute Gasteiger partial charge is 0.160 e. The molecule has 0 fully saturated rings. The summed E-state index contributed by atoms with van der Waals surface area (Å²) in [6, 6.07) is 4.35. The lowest BCUT2D eigenvalue weighted by Crippen LogP contribution is -2.08. The van der Waals surface area contributed by atoms with Gasteiger partial charge in [-0.15, -0.1) is 0 Å². The van der Waals surface area contributed by atoms with Crippen LogP contribution in [0.2, 0.25) is 0 Å². The van der Waals surface area contributed by atoms with E-state index in [1.165, 1.54) is 0 Å². The van der Waals surface area contributed by atoms with E-state index >= 15 is 0 Å². The summed E-state index contributed by atoms with van der Waals surface area (Å²) in [7, 11) is 0. The molecule has 0 amide bonds. The van der Waals surface area contributed by atoms with Gasteiger partial charge in [-0.3, -0.25) is 0 Å². The topological polar surface area (TPSA) is 56.7 Å². The highest BCUT2D eigenvalue weighted by atomic mass is 15.1. The molecule has 0 spiro atoms. The predicted molar refractivity (Wildman–Crippen MR) is 69.9 cm³/mol. The van der Waals surface area contributed by atoms with Crippen LogP contribution in [0, 0.1) is 0 Å². The van der Waals surface area contributed by atoms with Gasteiger partial charge in [0.1, 0.15) is 11.3 Å². The Kier molecular flexibility index (Phi) is 3.74. The molecule has 17 heavy (non-hydrogen) atoms. The lowest BCUT2D eigenvalue weighted by atomic mass is 10.2. The fourth-order valence-electron chi connectivity index (χ4n) is 2.12. The standard InChI is InChI=1S/C13H20N4/c1-10(2)17-12(7-3-4-8-14)16-11-6-5-9-15-13(11)17/h5-6,9-10H,3-4,7-8,14H2,1-2H3. The molecule has 0 bridgehead atoms. The number of hydrogen-bond donors (Lipinski definition) is 1. The van der Waals surface area contributed by atoms with Crippen molar-refractivity contribution in [1.29, 1.82) is 0 Å². The minimum Gasteiger partial charge on any atom is -0.330 e. The third kappa shape index (κ3) is 2.47. The molecule has 2 aromatic rings. The van der Waals surface area contributed by atoms with E-state index in [1.54, 1.807) is 0 Å². The van der Waals surface area contributed by atoms with E-state index in [1.807, 2.05) is 18.3 Å². The summed E-state index contributed by atoms with van der Waals surface area (Å²) in [5.41, 5.74) is 7.51. The van der Waals surface area contributed by atoms with E-state index in [0.29, 0.717) is 6.04 Å². The van der Waals surface area contributed by atoms with Gasteiger partial charge >= 0.3 is 0 Å². The number of hydrogen-bond acceptors (Lipinski definition) is 3. The van der Waals surface area contributed by atoms with Crippen LogP contribution in [0.1, 0.15) is 38.6 Å². The van der Waals surface area contributed by atoms with Crippen LogP contribution in [0.5, 0.6) is 0 Å². The van der Waals surface area contributed by atoms with Gasteiger partial charge in [-0.1, -0.05) is 0 Å². The monoisotopic (exact) mass is 232 g/mol. The molecule has 0 radical (unpaired) electrons. The van der Waals surface area contributed by atoms with Gasteiger partial charge < -0.3 is 10.3 Å². The van der Waals surface area contributed by atoms with Crippen LogP contribution < -0.4 is 5.73 Å². The zero-order valence-electron chi connectivity index (χ0n) is 10.6. The molecule has 0 aliphatic carbocycles. The number of aromatic nitrogens is 3. The molecule has 2 aromatic heterocycles. The van der Waals surface area contributed by atoms with Gasteiger partial charge in [-0.2, -0.15) is 0 Å². The molecule has 2 heterocycles. The summed E-state index contributed by atoms with van der Waals surface area (Å²) >= 11 is 0. The summed E-state index contributed by atoms with van der Waals surface area (Å²) in [5, 5.41) is 0. The Bertz CT molecular complexity index is 487. The third-order valence-electron chi connectivity index (χ3n) is 2.89. The highest BCUT2D eigenvalue weighted by Crippen LogP contribution is 2.20. The second-order valence-electron chi connectivity index (χ2n) is 4.58. The van der Waals surface area contributed by atoms with Gasteiger partial charge in [0, 0.05) is 18.7 Å². The Morgan fingerprint density at radius 1 is 1.35 bits per heavy atom. The normalized spacial score (nSPS) is 11.5. The lowest BCUT2D eigenvalue weighted by Gasteiger charge is -2.11. The summed E-state index contributed by atoms with van der Waals surface area (Å²) in [6.45, 7) is 5.09. The molecule has 4 heteroatoms. The summed E-state index contributed by atoms with van der Waals surface area (Å²) in [4.78, 5) is 9.09. The van der Waals surface area contributed by atoms with Gasteiger partial charge in [-0.05, 0) is 45.4 Å². The highest BCUT2D eigenvalue weighted by molar-refractivity contribution is 5.71. The molecular formula is C13H20N4. The fraction of sp³-hybridized carbons (Fsp3) is 0.538. The number of nitrogens with two attached hydrogens (primary N) is 1. The van der Waals surface area contributed by atoms with Crippen LogP contribution in [-0.2, 0) is 6.42 Å². The summed E-state index contributed by atoms with van der Waals surface area (Å²) in [6.07, 6.45) is 4.94. The first kappa shape index (κ1) is 12.0. The number of fused-ring (bicyclic) bond motifs is 1. The fourth-order valence-corrected chi connectivity index (χ4v) is 2.12. The Balaban J connectivity index is 2.36. The van der Waals surface area contributed by atoms with Crippen molar-refractivity contribution in [2.75, 3.05) is 6.54 Å². The van der Waals surface area contributed by atoms with Crippen molar-refractivity contribution in [3.05, 3.63) is 24.2 Å². The molecule has 0 aliphatic rings. The maximum absolute atomic E-state index is 5.53. The number of aryl methyl sites for hydroxylation is 1. The van der Waals surface area contributed by atoms with Gasteiger partial charge in [0.05, 0.1) is 0 Å². The van der Waals surface area contributed by atoms with Gasteiger partial charge in [0.15, 0.2) is 5.65 Å². The SMILES string of the molecule is CC(C)n1c(CCCCN)nc2cccnc21. The molecule has 0 saturated heterocycles. The average Bonchev–Trinajstić information content (AvgIpc) is 2.67. The zero-order valence-corrected chi connectivity index (χ0v) is 10.6. The summed E-state index contributed by atoms with van der Waals surface area (Å²) in [5.74, 6) is 1.13. The number of pyridine rings is 1. The highest BCUT2D eigenvalue weighted by Gasteiger charge is 2.13. The first-order valence-electron chi connectivity index (χ1n) is 6.26. The van der Waals surface area contributed by atoms with Crippen molar-refractivity contribution in [1.82, 2.24) is 14.5 Å². The molecule has 2 N–H and O–H groups in total. The molecule has 0 unspecified atom stereocenters. The molecular weight excluding hydrogens is 212 g/mol. The largest absolute Gasteiger partial charge is 0.330 e. The number of rotatable bonds is 5. The van der Waals surface area contributed by atoms with Crippen molar-refractivity contribution in [2.45, 2.75) is 39.2 Å². The number of nitrogens with zero attached hydrogens (tertiary/aromatic N) is 3. The number of unbranched alkanes of at least 4 members (excludes halogenated alkanes) is 1. The van der Waals surface area contributed by atoms with E-state index in [4.69, 9.17) is 5.73 Å². The maximum Gasteiger partial charge on any atom is 0.160 e. The summed E-state index contributed by atoms with van der Waals surface area (Å²) < 4.78 is 2.23. The molecule has 0 aliphatic heterocycles. The first-order valence-corrected chi connectivity index (χ1v) is 6.26. The van der Waals surface area contributed by atoms with E-state index in [0.717, 1.165) is 42.8 Å². The van der Waals surface area contributed by atoms with Crippen LogP contribution in [0.3, 0.4) is 0 Å². The van der Waals surface area contributed by atoms with Crippen molar-refractivity contribution in [3.8, 4) is 0 Å². The Labute approximate surface area is 102 Å². The first-order chi connectivity index (χ1) is 8.24. The molecule has 92 valence electrons. The molecule has 0 aromatic carbocycles. The lowest BCUT2D eigenvalue weighted by molar-refractivity contribution is 0.567. The third-order valence-corrected chi connectivity index (χ3v) is 2.89. The Morgan fingerprint density at radius 2 is 2.18 bits per heavy atom. The van der Waals surface area contributed by atoms with Crippen molar-refractivity contribution < 1.29 is 0 Å². The van der Waals surface area contributed by atoms with Gasteiger partial charge in [-0.25, -0.2) is 9.97 Å². The maximum atomic E-state index is 5.53. The van der Waals surface area contributed by atoms with Crippen LogP contribution in [0.15, 0.2) is 18.3 Å². The van der Waals surface area contributed by atoms with E-state index in [9.17, 15) is 0 Å². The van der Waals surface area contributed by atoms with Crippen molar-refractivity contribution >= 4 is 11.2 Å². The Hall–Kier alpha value is -1.42. The minimum absolute atomic E-state index is 0.391. The van der Waals surface area contributed by atoms with Crippen LogP contribution >= 0.6 is 0 Å². The molecule has 0 saturated carbocycles. The number of imidazole rings is 1. The Morgan fingerprint density at radius 3 is 2.88 bits per heavy atom. The van der Waals surface area contributed by atoms with Crippen LogP contribution in [0.25, 0.3) is 11.2 Å².